The Morgan fingerprint density at radius 3 is 2.76 bits per heavy atom. The van der Waals surface area contributed by atoms with E-state index in [-0.39, 0.29) is 17.9 Å². The molecule has 1 rings (SSSR count). The highest BCUT2D eigenvalue weighted by molar-refractivity contribution is 5.90. The van der Waals surface area contributed by atoms with Crippen molar-refractivity contribution < 1.29 is 13.9 Å². The van der Waals surface area contributed by atoms with Crippen LogP contribution in [0.3, 0.4) is 0 Å². The number of hydrogen-bond donors (Lipinski definition) is 1. The molecule has 0 amide bonds. The highest BCUT2D eigenvalue weighted by atomic mass is 19.1. The van der Waals surface area contributed by atoms with E-state index < -0.39 is 11.8 Å². The van der Waals surface area contributed by atoms with Gasteiger partial charge in [-0.2, -0.15) is 0 Å². The molecule has 5 heteroatoms. The van der Waals surface area contributed by atoms with E-state index >= 15 is 0 Å². The van der Waals surface area contributed by atoms with Crippen LogP contribution in [-0.4, -0.2) is 38.1 Å². The van der Waals surface area contributed by atoms with Crippen molar-refractivity contribution in [2.75, 3.05) is 33.0 Å². The maximum Gasteiger partial charge on any atom is 0.341 e. The summed E-state index contributed by atoms with van der Waals surface area (Å²) in [6.07, 6.45) is 0.718. The SMILES string of the molecule is CN(C)CCCOC(=O)c1ccc(N)cc1F. The number of nitrogens with zero attached hydrogens (tertiary/aromatic N) is 1. The van der Waals surface area contributed by atoms with Gasteiger partial charge in [0, 0.05) is 12.2 Å². The number of hydrogen-bond acceptors (Lipinski definition) is 4. The summed E-state index contributed by atoms with van der Waals surface area (Å²) in [6.45, 7) is 1.10. The largest absolute Gasteiger partial charge is 0.462 e. The minimum Gasteiger partial charge on any atom is -0.462 e. The Hall–Kier alpha value is -1.62. The number of benzene rings is 1. The maximum absolute atomic E-state index is 13.3. The number of halogens is 1. The van der Waals surface area contributed by atoms with Crippen LogP contribution in [0.4, 0.5) is 10.1 Å². The Balaban J connectivity index is 2.47. The van der Waals surface area contributed by atoms with Gasteiger partial charge in [-0.15, -0.1) is 0 Å². The molecule has 0 aliphatic heterocycles. The molecule has 0 saturated carbocycles. The van der Waals surface area contributed by atoms with E-state index in [1.807, 2.05) is 19.0 Å². The minimum atomic E-state index is -0.652. The van der Waals surface area contributed by atoms with Crippen molar-refractivity contribution in [2.45, 2.75) is 6.42 Å². The second-order valence-electron chi connectivity index (χ2n) is 4.03. The second-order valence-corrected chi connectivity index (χ2v) is 4.03. The zero-order chi connectivity index (χ0) is 12.8. The Kier molecular flexibility index (Phi) is 4.90. The van der Waals surface area contributed by atoms with Crippen LogP contribution in [0.2, 0.25) is 0 Å². The van der Waals surface area contributed by atoms with Gasteiger partial charge in [0.15, 0.2) is 0 Å². The molecule has 0 aliphatic carbocycles. The van der Waals surface area contributed by atoms with Crippen LogP contribution in [0.25, 0.3) is 0 Å². The molecule has 0 spiro atoms. The summed E-state index contributed by atoms with van der Waals surface area (Å²) < 4.78 is 18.3. The highest BCUT2D eigenvalue weighted by Gasteiger charge is 2.12. The molecule has 0 saturated heterocycles. The molecule has 0 unspecified atom stereocenters. The molecule has 0 fully saturated rings. The first-order valence-corrected chi connectivity index (χ1v) is 5.37. The van der Waals surface area contributed by atoms with E-state index in [0.717, 1.165) is 19.0 Å². The average Bonchev–Trinajstić information content (AvgIpc) is 2.23. The lowest BCUT2D eigenvalue weighted by Gasteiger charge is -2.09. The van der Waals surface area contributed by atoms with Gasteiger partial charge in [0.1, 0.15) is 5.82 Å². The molecule has 0 aromatic heterocycles. The molecule has 94 valence electrons. The van der Waals surface area contributed by atoms with Gasteiger partial charge in [-0.3, -0.25) is 0 Å². The van der Waals surface area contributed by atoms with Crippen LogP contribution in [0.15, 0.2) is 18.2 Å². The van der Waals surface area contributed by atoms with Gasteiger partial charge in [0.25, 0.3) is 0 Å². The van der Waals surface area contributed by atoms with E-state index in [9.17, 15) is 9.18 Å². The Labute approximate surface area is 100 Å². The predicted molar refractivity (Wildman–Crippen MR) is 64.3 cm³/mol. The fraction of sp³-hybridized carbons (Fsp3) is 0.417. The first-order valence-electron chi connectivity index (χ1n) is 5.37. The van der Waals surface area contributed by atoms with Gasteiger partial charge in [0.05, 0.1) is 12.2 Å². The van der Waals surface area contributed by atoms with E-state index in [4.69, 9.17) is 10.5 Å². The van der Waals surface area contributed by atoms with Crippen LogP contribution in [0.1, 0.15) is 16.8 Å². The number of rotatable bonds is 5. The van der Waals surface area contributed by atoms with Gasteiger partial charge in [-0.25, -0.2) is 9.18 Å². The third kappa shape index (κ3) is 4.40. The van der Waals surface area contributed by atoms with Crippen LogP contribution < -0.4 is 5.73 Å². The molecule has 0 bridgehead atoms. The van der Waals surface area contributed by atoms with Gasteiger partial charge >= 0.3 is 5.97 Å². The lowest BCUT2D eigenvalue weighted by Crippen LogP contribution is -2.16. The fourth-order valence-electron chi connectivity index (χ4n) is 1.32. The smallest absolute Gasteiger partial charge is 0.341 e. The number of carbonyl (C=O) groups is 1. The summed E-state index contributed by atoms with van der Waals surface area (Å²) in [7, 11) is 3.86. The molecular formula is C12H17FN2O2. The number of ether oxygens (including phenoxy) is 1. The summed E-state index contributed by atoms with van der Waals surface area (Å²) in [6, 6.07) is 3.91. The molecule has 2 N–H and O–H groups in total. The van der Waals surface area contributed by atoms with Gasteiger partial charge in [0.2, 0.25) is 0 Å². The minimum absolute atomic E-state index is 0.0796. The highest BCUT2D eigenvalue weighted by Crippen LogP contribution is 2.12. The van der Waals surface area contributed by atoms with Crippen molar-refractivity contribution >= 4 is 11.7 Å². The van der Waals surface area contributed by atoms with Crippen molar-refractivity contribution in [3.8, 4) is 0 Å². The first kappa shape index (κ1) is 13.4. The predicted octanol–water partition coefficient (Wildman–Crippen LogP) is 1.52. The molecule has 0 aliphatic rings. The third-order valence-corrected chi connectivity index (χ3v) is 2.20. The molecule has 1 aromatic carbocycles. The summed E-state index contributed by atoms with van der Waals surface area (Å²) in [5, 5.41) is 0. The Morgan fingerprint density at radius 1 is 1.47 bits per heavy atom. The van der Waals surface area contributed by atoms with E-state index in [0.29, 0.717) is 0 Å². The topological polar surface area (TPSA) is 55.6 Å². The molecule has 0 radical (unpaired) electrons. The lowest BCUT2D eigenvalue weighted by atomic mass is 10.2. The molecule has 0 atom stereocenters. The van der Waals surface area contributed by atoms with Crippen molar-refractivity contribution in [1.82, 2.24) is 4.90 Å². The van der Waals surface area contributed by atoms with Crippen LogP contribution in [-0.2, 0) is 4.74 Å². The number of nitrogen functional groups attached to an aromatic ring is 1. The number of nitrogens with two attached hydrogens (primary N) is 1. The van der Waals surface area contributed by atoms with Gasteiger partial charge in [-0.1, -0.05) is 0 Å². The standard InChI is InChI=1S/C12H17FN2O2/c1-15(2)6-3-7-17-12(16)10-5-4-9(14)8-11(10)13/h4-5,8H,3,6-7,14H2,1-2H3. The Bertz CT molecular complexity index is 394. The van der Waals surface area contributed by atoms with Crippen LogP contribution in [0.5, 0.6) is 0 Å². The van der Waals surface area contributed by atoms with Crippen molar-refractivity contribution in [3.05, 3.63) is 29.6 Å². The van der Waals surface area contributed by atoms with Crippen molar-refractivity contribution in [1.29, 1.82) is 0 Å². The summed E-state index contributed by atoms with van der Waals surface area (Å²) in [5.74, 6) is -1.30. The number of carbonyl (C=O) groups excluding carboxylic acids is 1. The van der Waals surface area contributed by atoms with Crippen LogP contribution in [0, 0.1) is 5.82 Å². The van der Waals surface area contributed by atoms with Crippen molar-refractivity contribution in [2.24, 2.45) is 0 Å². The quantitative estimate of drug-likeness (QED) is 0.481. The summed E-state index contributed by atoms with van der Waals surface area (Å²) >= 11 is 0. The molecular weight excluding hydrogens is 223 g/mol. The molecule has 4 nitrogen and oxygen atoms in total. The first-order chi connectivity index (χ1) is 8.00. The number of esters is 1. The molecule has 1 aromatic rings. The summed E-state index contributed by atoms with van der Waals surface area (Å²) in [5.41, 5.74) is 5.59. The normalized spacial score (nSPS) is 10.6. The maximum atomic E-state index is 13.3. The van der Waals surface area contributed by atoms with Gasteiger partial charge < -0.3 is 15.4 Å². The monoisotopic (exact) mass is 240 g/mol. The fourth-order valence-corrected chi connectivity index (χ4v) is 1.32. The summed E-state index contributed by atoms with van der Waals surface area (Å²) in [4.78, 5) is 13.5. The van der Waals surface area contributed by atoms with E-state index in [1.54, 1.807) is 0 Å². The van der Waals surface area contributed by atoms with Crippen LogP contribution >= 0.6 is 0 Å². The Morgan fingerprint density at radius 2 is 2.18 bits per heavy atom. The number of anilines is 1. The van der Waals surface area contributed by atoms with Crippen molar-refractivity contribution in [3.63, 3.8) is 0 Å². The zero-order valence-corrected chi connectivity index (χ0v) is 10.1. The zero-order valence-electron chi connectivity index (χ0n) is 10.1. The molecule has 0 heterocycles. The molecule has 17 heavy (non-hydrogen) atoms. The third-order valence-electron chi connectivity index (χ3n) is 2.20. The van der Waals surface area contributed by atoms with E-state index in [1.165, 1.54) is 12.1 Å². The van der Waals surface area contributed by atoms with E-state index in [2.05, 4.69) is 0 Å². The second kappa shape index (κ2) is 6.20. The van der Waals surface area contributed by atoms with Gasteiger partial charge in [-0.05, 0) is 38.7 Å². The average molecular weight is 240 g/mol. The lowest BCUT2D eigenvalue weighted by molar-refractivity contribution is 0.0488.